The summed E-state index contributed by atoms with van der Waals surface area (Å²) in [6.45, 7) is 0. The van der Waals surface area contributed by atoms with E-state index in [0.29, 0.717) is 5.69 Å². The highest BCUT2D eigenvalue weighted by Gasteiger charge is 2.05. The van der Waals surface area contributed by atoms with Gasteiger partial charge in [-0.2, -0.15) is 5.10 Å². The second-order valence-electron chi connectivity index (χ2n) is 1.75. The lowest BCUT2D eigenvalue weighted by Crippen LogP contribution is -2.14. The maximum atomic E-state index is 5.47. The van der Waals surface area contributed by atoms with Crippen molar-refractivity contribution in [2.24, 2.45) is 10.9 Å². The molecule has 1 rings (SSSR count). The van der Waals surface area contributed by atoms with Gasteiger partial charge in [-0.1, -0.05) is 5.16 Å². The van der Waals surface area contributed by atoms with E-state index in [0.717, 1.165) is 4.47 Å². The predicted molar refractivity (Wildman–Crippen MR) is 44.0 cm³/mol. The molecule has 1 aromatic heterocycles. The Morgan fingerprint density at radius 1 is 1.91 bits per heavy atom. The number of nitrogens with two attached hydrogens (primary N) is 1. The van der Waals surface area contributed by atoms with Crippen molar-refractivity contribution in [1.29, 1.82) is 0 Å². The molecule has 0 unspecified atom stereocenters. The van der Waals surface area contributed by atoms with Crippen LogP contribution in [0, 0.1) is 0 Å². The summed E-state index contributed by atoms with van der Waals surface area (Å²) in [5, 5.41) is 9.92. The zero-order valence-corrected chi connectivity index (χ0v) is 7.42. The van der Waals surface area contributed by atoms with Gasteiger partial charge in [0.15, 0.2) is 5.84 Å². The fourth-order valence-electron chi connectivity index (χ4n) is 0.595. The highest BCUT2D eigenvalue weighted by molar-refractivity contribution is 9.10. The normalized spacial score (nSPS) is 11.6. The Kier molecular flexibility index (Phi) is 2.48. The van der Waals surface area contributed by atoms with Gasteiger partial charge in [0, 0.05) is 0 Å². The third-order valence-electron chi connectivity index (χ3n) is 1.04. The highest BCUT2D eigenvalue weighted by Crippen LogP contribution is 2.11. The Morgan fingerprint density at radius 3 is 3.09 bits per heavy atom. The van der Waals surface area contributed by atoms with Crippen LogP contribution in [0.2, 0.25) is 0 Å². The van der Waals surface area contributed by atoms with Crippen LogP contribution in [0.4, 0.5) is 0 Å². The number of rotatable bonds is 2. The van der Waals surface area contributed by atoms with Crippen LogP contribution in [-0.4, -0.2) is 23.1 Å². The quantitative estimate of drug-likeness (QED) is 0.430. The van der Waals surface area contributed by atoms with Crippen molar-refractivity contribution in [2.45, 2.75) is 0 Å². The largest absolute Gasteiger partial charge is 0.397 e. The third kappa shape index (κ3) is 1.70. The van der Waals surface area contributed by atoms with Gasteiger partial charge in [0.1, 0.15) is 12.8 Å². The highest BCUT2D eigenvalue weighted by atomic mass is 79.9. The van der Waals surface area contributed by atoms with Crippen molar-refractivity contribution >= 4 is 21.8 Å². The minimum absolute atomic E-state index is 0.261. The van der Waals surface area contributed by atoms with Crippen molar-refractivity contribution in [1.82, 2.24) is 10.2 Å². The molecule has 0 aromatic carbocycles. The fraction of sp³-hybridized carbons (Fsp3) is 0.200. The van der Waals surface area contributed by atoms with Crippen LogP contribution in [0.1, 0.15) is 5.69 Å². The summed E-state index contributed by atoms with van der Waals surface area (Å²) in [6.07, 6.45) is 1.59. The summed E-state index contributed by atoms with van der Waals surface area (Å²) in [7, 11) is 1.43. The molecule has 0 bridgehead atoms. The first-order valence-corrected chi connectivity index (χ1v) is 3.61. The number of oxime groups is 1. The van der Waals surface area contributed by atoms with Crippen LogP contribution < -0.4 is 5.73 Å². The molecule has 0 aliphatic rings. The van der Waals surface area contributed by atoms with Crippen LogP contribution in [0.25, 0.3) is 0 Å². The molecule has 3 N–H and O–H groups in total. The minimum atomic E-state index is 0.261. The van der Waals surface area contributed by atoms with Crippen LogP contribution in [0.3, 0.4) is 0 Å². The van der Waals surface area contributed by atoms with Crippen LogP contribution in [0.15, 0.2) is 15.8 Å². The molecule has 0 atom stereocenters. The number of hydrogen-bond donors (Lipinski definition) is 2. The van der Waals surface area contributed by atoms with E-state index in [-0.39, 0.29) is 5.84 Å². The Labute approximate surface area is 71.7 Å². The smallest absolute Gasteiger partial charge is 0.189 e. The number of H-pyrrole nitrogens is 1. The molecule has 0 aliphatic carbocycles. The summed E-state index contributed by atoms with van der Waals surface area (Å²) in [5.41, 5.74) is 6.09. The van der Waals surface area contributed by atoms with E-state index >= 15 is 0 Å². The molecule has 0 fully saturated rings. The summed E-state index contributed by atoms with van der Waals surface area (Å²) < 4.78 is 0.760. The van der Waals surface area contributed by atoms with Crippen molar-refractivity contribution in [3.8, 4) is 0 Å². The molecule has 0 amide bonds. The van der Waals surface area contributed by atoms with E-state index in [2.05, 4.69) is 36.1 Å². The molecular formula is C5H7BrN4O. The van der Waals surface area contributed by atoms with Crippen molar-refractivity contribution in [3.63, 3.8) is 0 Å². The average Bonchev–Trinajstić information content (AvgIpc) is 2.36. The monoisotopic (exact) mass is 218 g/mol. The maximum Gasteiger partial charge on any atom is 0.189 e. The van der Waals surface area contributed by atoms with Gasteiger partial charge in [0.05, 0.1) is 10.7 Å². The summed E-state index contributed by atoms with van der Waals surface area (Å²) in [6, 6.07) is 0. The molecule has 0 saturated heterocycles. The van der Waals surface area contributed by atoms with Gasteiger partial charge in [0.2, 0.25) is 0 Å². The average molecular weight is 219 g/mol. The van der Waals surface area contributed by atoms with Gasteiger partial charge in [-0.15, -0.1) is 0 Å². The van der Waals surface area contributed by atoms with Crippen LogP contribution >= 0.6 is 15.9 Å². The molecule has 0 aliphatic heterocycles. The molecule has 0 saturated carbocycles. The lowest BCUT2D eigenvalue weighted by atomic mass is 10.4. The van der Waals surface area contributed by atoms with E-state index in [4.69, 9.17) is 5.73 Å². The Balaban J connectivity index is 2.92. The van der Waals surface area contributed by atoms with Gasteiger partial charge in [-0.05, 0) is 15.9 Å². The Hall–Kier alpha value is -1.04. The third-order valence-corrected chi connectivity index (χ3v) is 1.64. The molecule has 11 heavy (non-hydrogen) atoms. The van der Waals surface area contributed by atoms with Gasteiger partial charge in [-0.3, -0.25) is 5.10 Å². The van der Waals surface area contributed by atoms with E-state index in [1.807, 2.05) is 0 Å². The van der Waals surface area contributed by atoms with Gasteiger partial charge in [-0.25, -0.2) is 0 Å². The van der Waals surface area contributed by atoms with Gasteiger partial charge >= 0.3 is 0 Å². The molecular weight excluding hydrogens is 212 g/mol. The maximum absolute atomic E-state index is 5.47. The van der Waals surface area contributed by atoms with Crippen LogP contribution in [-0.2, 0) is 4.84 Å². The molecule has 60 valence electrons. The summed E-state index contributed by atoms with van der Waals surface area (Å²) in [5.74, 6) is 0.261. The molecule has 6 heteroatoms. The zero-order chi connectivity index (χ0) is 8.27. The predicted octanol–water partition coefficient (Wildman–Crippen LogP) is 0.439. The van der Waals surface area contributed by atoms with Crippen molar-refractivity contribution in [2.75, 3.05) is 7.11 Å². The van der Waals surface area contributed by atoms with E-state index in [1.54, 1.807) is 6.20 Å². The lowest BCUT2D eigenvalue weighted by Gasteiger charge is -1.94. The van der Waals surface area contributed by atoms with Crippen LogP contribution in [0.5, 0.6) is 0 Å². The number of nitrogens with zero attached hydrogens (tertiary/aromatic N) is 2. The summed E-state index contributed by atoms with van der Waals surface area (Å²) in [4.78, 5) is 4.48. The SMILES string of the molecule is CO/N=C(\N)c1[nH]ncc1Br. The second kappa shape index (κ2) is 3.38. The van der Waals surface area contributed by atoms with Gasteiger partial charge < -0.3 is 10.6 Å². The lowest BCUT2D eigenvalue weighted by molar-refractivity contribution is 0.213. The minimum Gasteiger partial charge on any atom is -0.397 e. The van der Waals surface area contributed by atoms with Gasteiger partial charge in [0.25, 0.3) is 0 Å². The topological polar surface area (TPSA) is 76.3 Å². The standard InChI is InChI=1S/C5H7BrN4O/c1-11-10-5(7)4-3(6)2-8-9-4/h2H,1H3,(H2,7,10)(H,8,9). The van der Waals surface area contributed by atoms with Crippen molar-refractivity contribution < 1.29 is 4.84 Å². The Bertz CT molecular complexity index is 269. The van der Waals surface area contributed by atoms with Crippen molar-refractivity contribution in [3.05, 3.63) is 16.4 Å². The number of halogens is 1. The summed E-state index contributed by atoms with van der Waals surface area (Å²) >= 11 is 3.23. The first-order valence-electron chi connectivity index (χ1n) is 2.81. The molecule has 1 heterocycles. The fourth-order valence-corrected chi connectivity index (χ4v) is 0.989. The first-order chi connectivity index (χ1) is 5.25. The zero-order valence-electron chi connectivity index (χ0n) is 5.84. The van der Waals surface area contributed by atoms with E-state index in [1.165, 1.54) is 7.11 Å². The van der Waals surface area contributed by atoms with E-state index < -0.39 is 0 Å². The molecule has 0 spiro atoms. The number of aromatic nitrogens is 2. The number of hydrogen-bond acceptors (Lipinski definition) is 3. The second-order valence-corrected chi connectivity index (χ2v) is 2.61. The number of nitrogens with one attached hydrogen (secondary N) is 1. The molecule has 0 radical (unpaired) electrons. The first kappa shape index (κ1) is 8.06. The Morgan fingerprint density at radius 2 is 2.64 bits per heavy atom. The number of amidine groups is 1. The molecule has 1 aromatic rings. The number of aromatic amines is 1. The van der Waals surface area contributed by atoms with E-state index in [9.17, 15) is 0 Å². The molecule has 5 nitrogen and oxygen atoms in total.